The molecule has 0 aliphatic heterocycles. The van der Waals surface area contributed by atoms with Crippen LogP contribution in [0.3, 0.4) is 0 Å². The maximum Gasteiger partial charge on any atom is 0.229 e. The quantitative estimate of drug-likeness (QED) is 0.447. The second-order valence-electron chi connectivity index (χ2n) is 8.00. The van der Waals surface area contributed by atoms with Crippen LogP contribution in [0.5, 0.6) is 5.88 Å². The molecular formula is C24H30F3N5O2. The van der Waals surface area contributed by atoms with Gasteiger partial charge in [-0.3, -0.25) is 14.2 Å². The van der Waals surface area contributed by atoms with Gasteiger partial charge in [0, 0.05) is 49.8 Å². The zero-order chi connectivity index (χ0) is 23.8. The molecule has 7 nitrogen and oxygen atoms in total. The average molecular weight is 478 g/mol. The molecule has 0 aromatic carbocycles. The van der Waals surface area contributed by atoms with Crippen molar-refractivity contribution in [2.75, 3.05) is 13.5 Å². The van der Waals surface area contributed by atoms with Gasteiger partial charge in [-0.25, -0.2) is 13.8 Å². The molecule has 3 aromatic rings. The molecule has 1 aliphatic carbocycles. The fourth-order valence-electron chi connectivity index (χ4n) is 3.65. The van der Waals surface area contributed by atoms with E-state index in [1.54, 1.807) is 6.20 Å². The summed E-state index contributed by atoms with van der Waals surface area (Å²) in [6, 6.07) is 5.72. The lowest BCUT2D eigenvalue weighted by Gasteiger charge is -2.07. The summed E-state index contributed by atoms with van der Waals surface area (Å²) in [5, 5.41) is 13.5. The predicted molar refractivity (Wildman–Crippen MR) is 123 cm³/mol. The van der Waals surface area contributed by atoms with E-state index in [-0.39, 0.29) is 10.5 Å². The molecule has 3 aromatic heterocycles. The van der Waals surface area contributed by atoms with Crippen molar-refractivity contribution in [1.29, 1.82) is 0 Å². The monoisotopic (exact) mass is 477 g/mol. The van der Waals surface area contributed by atoms with E-state index < -0.39 is 6.93 Å². The van der Waals surface area contributed by atoms with Crippen molar-refractivity contribution in [3.05, 3.63) is 53.1 Å². The minimum Gasteiger partial charge on any atom is -0.478 e. The van der Waals surface area contributed by atoms with Gasteiger partial charge >= 0.3 is 0 Å². The van der Waals surface area contributed by atoms with Gasteiger partial charge in [0.2, 0.25) is 12.8 Å². The van der Waals surface area contributed by atoms with Gasteiger partial charge in [0.15, 0.2) is 0 Å². The highest BCUT2D eigenvalue weighted by molar-refractivity contribution is 5.81. The molecule has 0 saturated heterocycles. The molecule has 0 atom stereocenters. The molecular weight excluding hydrogens is 447 g/mol. The van der Waals surface area contributed by atoms with Crippen LogP contribution in [0.2, 0.25) is 0 Å². The predicted octanol–water partition coefficient (Wildman–Crippen LogP) is 4.64. The SMILES string of the molecule is CCOc1cc(CC(=O)CCc2cc(C)c(-c3cn(C)nc3C3CC3)nn2)ccn1.F.FCF. The number of halogens is 3. The van der Waals surface area contributed by atoms with Crippen molar-refractivity contribution < 1.29 is 23.0 Å². The third kappa shape index (κ3) is 7.36. The zero-order valence-electron chi connectivity index (χ0n) is 19.6. The Morgan fingerprint density at radius 3 is 2.62 bits per heavy atom. The van der Waals surface area contributed by atoms with Crippen molar-refractivity contribution in [2.45, 2.75) is 51.9 Å². The Balaban J connectivity index is 0.000000970. The standard InChI is InChI=1S/C23H27N5O2.CH2F2.FH/c1-4-30-21-13-16(9-10-24-21)12-19(29)8-7-18-11-15(2)22(26-25-18)20-14-28(3)27-23(20)17-5-6-17;2-1-3;/h9-11,13-14,17H,4-8,12H2,1-3H3;1H2;1H. The molecule has 1 fully saturated rings. The number of ether oxygens (including phenoxy) is 1. The largest absolute Gasteiger partial charge is 0.478 e. The number of carbonyl (C=O) groups excluding carboxylic acids is 1. The molecule has 10 heteroatoms. The average Bonchev–Trinajstić information content (AvgIpc) is 3.55. The topological polar surface area (TPSA) is 82.8 Å². The van der Waals surface area contributed by atoms with Crippen molar-refractivity contribution in [1.82, 2.24) is 25.0 Å². The van der Waals surface area contributed by atoms with Crippen LogP contribution in [0.25, 0.3) is 11.3 Å². The molecule has 3 heterocycles. The number of carbonyl (C=O) groups is 1. The van der Waals surface area contributed by atoms with E-state index in [2.05, 4.69) is 20.3 Å². The fourth-order valence-corrected chi connectivity index (χ4v) is 3.65. The second-order valence-corrected chi connectivity index (χ2v) is 8.00. The Labute approximate surface area is 196 Å². The minimum atomic E-state index is -1.75. The first-order chi connectivity index (χ1) is 15.9. The summed E-state index contributed by atoms with van der Waals surface area (Å²) < 4.78 is 26.5. The number of pyridine rings is 1. The summed E-state index contributed by atoms with van der Waals surface area (Å²) in [6.07, 6.45) is 7.47. The number of hydrogen-bond acceptors (Lipinski definition) is 6. The number of rotatable bonds is 9. The lowest BCUT2D eigenvalue weighted by atomic mass is 10.0. The Morgan fingerprint density at radius 2 is 1.97 bits per heavy atom. The van der Waals surface area contributed by atoms with Gasteiger partial charge in [0.05, 0.1) is 23.7 Å². The smallest absolute Gasteiger partial charge is 0.229 e. The van der Waals surface area contributed by atoms with Gasteiger partial charge in [-0.1, -0.05) is 0 Å². The van der Waals surface area contributed by atoms with Gasteiger partial charge < -0.3 is 4.74 Å². The number of Topliss-reactive ketones (excluding diaryl/α,β-unsaturated/α-hetero) is 1. The third-order valence-electron chi connectivity index (χ3n) is 5.26. The first kappa shape index (κ1) is 26.9. The van der Waals surface area contributed by atoms with E-state index in [4.69, 9.17) is 4.74 Å². The maximum atomic E-state index is 12.4. The van der Waals surface area contributed by atoms with Gasteiger partial charge in [0.25, 0.3) is 0 Å². The Morgan fingerprint density at radius 1 is 1.24 bits per heavy atom. The van der Waals surface area contributed by atoms with E-state index in [0.717, 1.165) is 33.8 Å². The number of nitrogens with zero attached hydrogens (tertiary/aromatic N) is 5. The molecule has 4 rings (SSSR count). The van der Waals surface area contributed by atoms with Gasteiger partial charge in [-0.2, -0.15) is 10.2 Å². The Hall–Kier alpha value is -3.30. The molecule has 34 heavy (non-hydrogen) atoms. The van der Waals surface area contributed by atoms with E-state index >= 15 is 0 Å². The van der Waals surface area contributed by atoms with Gasteiger partial charge in [-0.15, -0.1) is 5.10 Å². The summed E-state index contributed by atoms with van der Waals surface area (Å²) in [5.74, 6) is 1.27. The minimum absolute atomic E-state index is 0. The van der Waals surface area contributed by atoms with E-state index in [0.29, 0.717) is 37.7 Å². The molecule has 0 spiro atoms. The first-order valence-corrected chi connectivity index (χ1v) is 11.0. The molecule has 1 aliphatic rings. The van der Waals surface area contributed by atoms with Gasteiger partial charge in [0.1, 0.15) is 5.78 Å². The molecule has 184 valence electrons. The number of hydrogen-bond donors (Lipinski definition) is 0. The van der Waals surface area contributed by atoms with Crippen molar-refractivity contribution in [2.24, 2.45) is 7.05 Å². The maximum absolute atomic E-state index is 12.4. The summed E-state index contributed by atoms with van der Waals surface area (Å²) in [7, 11) is 1.94. The molecule has 0 N–H and O–H groups in total. The molecule has 0 radical (unpaired) electrons. The lowest BCUT2D eigenvalue weighted by Crippen LogP contribution is -2.07. The van der Waals surface area contributed by atoms with Crippen LogP contribution < -0.4 is 4.74 Å². The van der Waals surface area contributed by atoms with Crippen LogP contribution in [0, 0.1) is 6.92 Å². The summed E-state index contributed by atoms with van der Waals surface area (Å²) >= 11 is 0. The summed E-state index contributed by atoms with van der Waals surface area (Å²) in [6.45, 7) is 2.76. The lowest BCUT2D eigenvalue weighted by molar-refractivity contribution is -0.118. The van der Waals surface area contributed by atoms with Crippen molar-refractivity contribution in [3.8, 4) is 17.1 Å². The summed E-state index contributed by atoms with van der Waals surface area (Å²) in [4.78, 5) is 16.6. The van der Waals surface area contributed by atoms with Crippen LogP contribution >= 0.6 is 0 Å². The third-order valence-corrected chi connectivity index (χ3v) is 5.26. The molecule has 0 amide bonds. The fraction of sp³-hybridized carbons (Fsp3) is 0.458. The van der Waals surface area contributed by atoms with Crippen LogP contribution in [0.1, 0.15) is 54.6 Å². The Kier molecular flexibility index (Phi) is 10.2. The van der Waals surface area contributed by atoms with Crippen LogP contribution in [-0.2, 0) is 24.7 Å². The number of aryl methyl sites for hydroxylation is 3. The zero-order valence-corrected chi connectivity index (χ0v) is 19.6. The Bertz CT molecular complexity index is 1090. The normalized spacial score (nSPS) is 12.4. The van der Waals surface area contributed by atoms with Crippen LogP contribution in [0.15, 0.2) is 30.6 Å². The number of alkyl halides is 2. The van der Waals surface area contributed by atoms with Crippen LogP contribution in [-0.4, -0.2) is 44.3 Å². The number of ketones is 1. The van der Waals surface area contributed by atoms with Crippen LogP contribution in [0.4, 0.5) is 13.5 Å². The highest BCUT2D eigenvalue weighted by atomic mass is 19.3. The highest BCUT2D eigenvalue weighted by Gasteiger charge is 2.30. The van der Waals surface area contributed by atoms with Crippen molar-refractivity contribution in [3.63, 3.8) is 0 Å². The van der Waals surface area contributed by atoms with Gasteiger partial charge in [-0.05, 0) is 56.4 Å². The van der Waals surface area contributed by atoms with E-state index in [1.165, 1.54) is 12.8 Å². The summed E-state index contributed by atoms with van der Waals surface area (Å²) in [5.41, 5.74) is 5.92. The van der Waals surface area contributed by atoms with E-state index in [9.17, 15) is 13.6 Å². The molecule has 0 unspecified atom stereocenters. The molecule has 0 bridgehead atoms. The first-order valence-electron chi connectivity index (χ1n) is 11.0. The highest BCUT2D eigenvalue weighted by Crippen LogP contribution is 2.43. The van der Waals surface area contributed by atoms with E-state index in [1.807, 2.05) is 50.0 Å². The van der Waals surface area contributed by atoms with Crippen molar-refractivity contribution >= 4 is 5.78 Å². The molecule has 1 saturated carbocycles. The second kappa shape index (κ2) is 12.8. The number of aromatic nitrogens is 5.